The lowest BCUT2D eigenvalue weighted by atomic mass is 9.62. The summed E-state index contributed by atoms with van der Waals surface area (Å²) in [5, 5.41) is 2.91. The monoisotopic (exact) mass is 513 g/mol. The van der Waals surface area contributed by atoms with Gasteiger partial charge in [-0.25, -0.2) is 0 Å². The number of amides is 1. The van der Waals surface area contributed by atoms with Crippen LogP contribution in [0.1, 0.15) is 72.0 Å². The van der Waals surface area contributed by atoms with E-state index in [0.29, 0.717) is 56.6 Å². The van der Waals surface area contributed by atoms with Crippen molar-refractivity contribution in [3.63, 3.8) is 0 Å². The molecule has 1 N–H and O–H groups in total. The van der Waals surface area contributed by atoms with Crippen molar-refractivity contribution in [2.24, 2.45) is 0 Å². The molecule has 3 aromatic rings. The van der Waals surface area contributed by atoms with Crippen molar-refractivity contribution >= 4 is 17.7 Å². The van der Waals surface area contributed by atoms with Crippen LogP contribution in [0, 0.1) is 0 Å². The Kier molecular flexibility index (Phi) is 8.95. The molecule has 0 aromatic heterocycles. The summed E-state index contributed by atoms with van der Waals surface area (Å²) in [6, 6.07) is 24.6. The number of Topliss-reactive ketones (excluding diaryl/α,β-unsaturated/α-hetero) is 1. The SMILES string of the molecule is CCOC(=O)[C@]1(c2ccccc2)CC[C@H](C(=O)CCCCNC(=O)c2ccccc2OC)c2ccccc21. The molecule has 1 amide bonds. The van der Waals surface area contributed by atoms with E-state index in [-0.39, 0.29) is 23.6 Å². The molecular formula is C32H35NO5. The Morgan fingerprint density at radius 2 is 1.63 bits per heavy atom. The van der Waals surface area contributed by atoms with Crippen LogP contribution in [0.3, 0.4) is 0 Å². The number of fused-ring (bicyclic) bond motifs is 1. The van der Waals surface area contributed by atoms with Gasteiger partial charge in [0.2, 0.25) is 0 Å². The second-order valence-electron chi connectivity index (χ2n) is 9.55. The van der Waals surface area contributed by atoms with E-state index in [9.17, 15) is 14.4 Å². The van der Waals surface area contributed by atoms with E-state index >= 15 is 0 Å². The van der Waals surface area contributed by atoms with Crippen molar-refractivity contribution in [3.8, 4) is 5.75 Å². The molecule has 6 heteroatoms. The molecule has 0 bridgehead atoms. The Morgan fingerprint density at radius 3 is 2.39 bits per heavy atom. The van der Waals surface area contributed by atoms with Gasteiger partial charge in [0.05, 0.1) is 19.3 Å². The molecule has 4 rings (SSSR count). The average Bonchev–Trinajstić information content (AvgIpc) is 2.96. The molecule has 0 saturated heterocycles. The summed E-state index contributed by atoms with van der Waals surface area (Å²) in [5.74, 6) is -0.0215. The molecule has 0 heterocycles. The van der Waals surface area contributed by atoms with Crippen molar-refractivity contribution in [1.82, 2.24) is 5.32 Å². The van der Waals surface area contributed by atoms with Crippen LogP contribution in [0.4, 0.5) is 0 Å². The van der Waals surface area contributed by atoms with Crippen LogP contribution < -0.4 is 10.1 Å². The first-order chi connectivity index (χ1) is 18.5. The van der Waals surface area contributed by atoms with Crippen LogP contribution in [-0.2, 0) is 19.7 Å². The first-order valence-corrected chi connectivity index (χ1v) is 13.3. The third-order valence-corrected chi connectivity index (χ3v) is 7.37. The Bertz CT molecular complexity index is 1270. The molecule has 3 aromatic carbocycles. The lowest BCUT2D eigenvalue weighted by Gasteiger charge is -2.40. The molecular weight excluding hydrogens is 478 g/mol. The first kappa shape index (κ1) is 27.1. The number of rotatable bonds is 11. The van der Waals surface area contributed by atoms with Gasteiger partial charge < -0.3 is 14.8 Å². The van der Waals surface area contributed by atoms with Gasteiger partial charge in [0.15, 0.2) is 0 Å². The Hall–Kier alpha value is -3.93. The van der Waals surface area contributed by atoms with Crippen molar-refractivity contribution in [1.29, 1.82) is 0 Å². The number of carbonyl (C=O) groups excluding carboxylic acids is 3. The molecule has 0 spiro atoms. The number of hydrogen-bond donors (Lipinski definition) is 1. The number of methoxy groups -OCH3 is 1. The van der Waals surface area contributed by atoms with Gasteiger partial charge in [-0.05, 0) is 61.4 Å². The summed E-state index contributed by atoms with van der Waals surface area (Å²) in [7, 11) is 1.54. The zero-order valence-electron chi connectivity index (χ0n) is 22.1. The van der Waals surface area contributed by atoms with Crippen molar-refractivity contribution in [3.05, 3.63) is 101 Å². The van der Waals surface area contributed by atoms with E-state index < -0.39 is 5.41 Å². The minimum absolute atomic E-state index is 0.166. The number of ketones is 1. The van der Waals surface area contributed by atoms with Gasteiger partial charge in [-0.3, -0.25) is 14.4 Å². The number of carbonyl (C=O) groups is 3. The van der Waals surface area contributed by atoms with Crippen molar-refractivity contribution < 1.29 is 23.9 Å². The lowest BCUT2D eigenvalue weighted by Crippen LogP contribution is -2.43. The van der Waals surface area contributed by atoms with Crippen LogP contribution >= 0.6 is 0 Å². The van der Waals surface area contributed by atoms with Crippen LogP contribution in [-0.4, -0.2) is 37.9 Å². The molecule has 6 nitrogen and oxygen atoms in total. The predicted molar refractivity (Wildman–Crippen MR) is 146 cm³/mol. The summed E-state index contributed by atoms with van der Waals surface area (Å²) >= 11 is 0. The molecule has 0 radical (unpaired) electrons. The predicted octanol–water partition coefficient (Wildman–Crippen LogP) is 5.59. The molecule has 198 valence electrons. The normalized spacial score (nSPS) is 18.2. The minimum atomic E-state index is -0.923. The molecule has 0 saturated carbocycles. The smallest absolute Gasteiger partial charge is 0.321 e. The zero-order valence-corrected chi connectivity index (χ0v) is 22.1. The number of ether oxygens (including phenoxy) is 2. The molecule has 1 aliphatic rings. The Morgan fingerprint density at radius 1 is 0.921 bits per heavy atom. The summed E-state index contributed by atoms with van der Waals surface area (Å²) < 4.78 is 10.8. The number of para-hydroxylation sites is 1. The molecule has 0 fully saturated rings. The van der Waals surface area contributed by atoms with Gasteiger partial charge >= 0.3 is 5.97 Å². The number of benzene rings is 3. The van der Waals surface area contributed by atoms with Gasteiger partial charge in [0.25, 0.3) is 5.91 Å². The number of nitrogens with one attached hydrogen (secondary N) is 1. The van der Waals surface area contributed by atoms with Gasteiger partial charge in [0, 0.05) is 18.9 Å². The van der Waals surface area contributed by atoms with E-state index in [1.54, 1.807) is 18.2 Å². The van der Waals surface area contributed by atoms with E-state index in [1.807, 2.05) is 67.6 Å². The molecule has 38 heavy (non-hydrogen) atoms. The first-order valence-electron chi connectivity index (χ1n) is 13.3. The molecule has 2 atom stereocenters. The van der Waals surface area contributed by atoms with Crippen LogP contribution in [0.5, 0.6) is 5.75 Å². The summed E-state index contributed by atoms with van der Waals surface area (Å²) in [6.07, 6.45) is 2.87. The van der Waals surface area contributed by atoms with Gasteiger partial charge in [-0.2, -0.15) is 0 Å². The van der Waals surface area contributed by atoms with E-state index in [2.05, 4.69) is 5.32 Å². The minimum Gasteiger partial charge on any atom is -0.496 e. The quantitative estimate of drug-likeness (QED) is 0.267. The van der Waals surface area contributed by atoms with Gasteiger partial charge in [-0.15, -0.1) is 0 Å². The Labute approximate surface area is 224 Å². The maximum atomic E-state index is 13.5. The van der Waals surface area contributed by atoms with E-state index in [4.69, 9.17) is 9.47 Å². The highest BCUT2D eigenvalue weighted by atomic mass is 16.5. The second kappa shape index (κ2) is 12.5. The van der Waals surface area contributed by atoms with E-state index in [0.717, 1.165) is 16.7 Å². The largest absolute Gasteiger partial charge is 0.496 e. The number of esters is 1. The fourth-order valence-electron chi connectivity index (χ4n) is 5.51. The third-order valence-electron chi connectivity index (χ3n) is 7.37. The molecule has 0 unspecified atom stereocenters. The number of unbranched alkanes of at least 4 members (excludes halogenated alkanes) is 1. The Balaban J connectivity index is 1.43. The van der Waals surface area contributed by atoms with Crippen LogP contribution in [0.15, 0.2) is 78.9 Å². The average molecular weight is 514 g/mol. The van der Waals surface area contributed by atoms with Gasteiger partial charge in [-0.1, -0.05) is 66.7 Å². The maximum Gasteiger partial charge on any atom is 0.321 e. The van der Waals surface area contributed by atoms with Crippen molar-refractivity contribution in [2.45, 2.75) is 50.4 Å². The molecule has 0 aliphatic heterocycles. The number of hydrogen-bond acceptors (Lipinski definition) is 5. The highest BCUT2D eigenvalue weighted by Crippen LogP contribution is 2.48. The summed E-state index contributed by atoms with van der Waals surface area (Å²) in [5.41, 5.74) is 2.23. The van der Waals surface area contributed by atoms with Gasteiger partial charge in [0.1, 0.15) is 16.9 Å². The fourth-order valence-corrected chi connectivity index (χ4v) is 5.51. The fraction of sp³-hybridized carbons (Fsp3) is 0.344. The maximum absolute atomic E-state index is 13.5. The summed E-state index contributed by atoms with van der Waals surface area (Å²) in [6.45, 7) is 2.59. The van der Waals surface area contributed by atoms with E-state index in [1.165, 1.54) is 7.11 Å². The zero-order chi connectivity index (χ0) is 27.0. The third kappa shape index (κ3) is 5.49. The van der Waals surface area contributed by atoms with Crippen molar-refractivity contribution in [2.75, 3.05) is 20.3 Å². The van der Waals surface area contributed by atoms with Crippen LogP contribution in [0.25, 0.3) is 0 Å². The topological polar surface area (TPSA) is 81.7 Å². The highest BCUT2D eigenvalue weighted by molar-refractivity contribution is 5.97. The highest BCUT2D eigenvalue weighted by Gasteiger charge is 2.49. The lowest BCUT2D eigenvalue weighted by molar-refractivity contribution is -0.149. The molecule has 1 aliphatic carbocycles. The summed E-state index contributed by atoms with van der Waals surface area (Å²) in [4.78, 5) is 39.3. The van der Waals surface area contributed by atoms with Crippen LogP contribution in [0.2, 0.25) is 0 Å². The second-order valence-corrected chi connectivity index (χ2v) is 9.55. The standard InChI is InChI=1S/C32H35NO5/c1-3-38-31(36)32(23-13-5-4-6-14-23)21-20-25(24-15-7-9-17-27(24)32)28(34)18-11-12-22-33-30(35)26-16-8-10-19-29(26)37-2/h4-10,13-17,19,25H,3,11-12,18,20-22H2,1-2H3,(H,33,35)/t25-,32-/m0/s1.